The number of amides is 1. The highest BCUT2D eigenvalue weighted by molar-refractivity contribution is 7.89. The minimum atomic E-state index is -3.66. The topological polar surface area (TPSA) is 93.7 Å². The molecule has 7 nitrogen and oxygen atoms in total. The molecule has 0 unspecified atom stereocenters. The maximum absolute atomic E-state index is 12.5. The molecule has 8 heteroatoms. The zero-order chi connectivity index (χ0) is 23.7. The van der Waals surface area contributed by atoms with Gasteiger partial charge >= 0.3 is 0 Å². The summed E-state index contributed by atoms with van der Waals surface area (Å²) in [5.41, 5.74) is 2.53. The van der Waals surface area contributed by atoms with Crippen molar-refractivity contribution in [3.8, 4) is 11.5 Å². The van der Waals surface area contributed by atoms with E-state index in [1.807, 2.05) is 31.2 Å². The van der Waals surface area contributed by atoms with E-state index in [9.17, 15) is 13.2 Å². The van der Waals surface area contributed by atoms with E-state index in [2.05, 4.69) is 23.9 Å². The van der Waals surface area contributed by atoms with Gasteiger partial charge in [-0.25, -0.2) is 13.1 Å². The fourth-order valence-corrected chi connectivity index (χ4v) is 4.37. The van der Waals surface area contributed by atoms with Gasteiger partial charge in [-0.15, -0.1) is 0 Å². The van der Waals surface area contributed by atoms with Gasteiger partial charge in [0.15, 0.2) is 11.5 Å². The van der Waals surface area contributed by atoms with E-state index in [0.717, 1.165) is 17.5 Å². The molecule has 0 fully saturated rings. The van der Waals surface area contributed by atoms with Crippen molar-refractivity contribution in [2.24, 2.45) is 5.92 Å². The zero-order valence-electron chi connectivity index (χ0n) is 19.5. The highest BCUT2D eigenvalue weighted by Crippen LogP contribution is 2.28. The van der Waals surface area contributed by atoms with Crippen LogP contribution in [0.15, 0.2) is 41.3 Å². The predicted octanol–water partition coefficient (Wildman–Crippen LogP) is 3.72. The minimum absolute atomic E-state index is 0.0213. The number of methoxy groups -OCH3 is 1. The summed E-state index contributed by atoms with van der Waals surface area (Å²) in [4.78, 5) is 12.4. The van der Waals surface area contributed by atoms with Crippen LogP contribution in [0.3, 0.4) is 0 Å². The Balaban J connectivity index is 1.83. The second-order valence-corrected chi connectivity index (χ2v) is 9.95. The van der Waals surface area contributed by atoms with E-state index < -0.39 is 10.0 Å². The van der Waals surface area contributed by atoms with Crippen LogP contribution in [0.2, 0.25) is 0 Å². The lowest BCUT2D eigenvalue weighted by molar-refractivity contribution is -0.121. The molecular weight excluding hydrogens is 428 g/mol. The van der Waals surface area contributed by atoms with Gasteiger partial charge in [-0.3, -0.25) is 4.79 Å². The molecule has 0 aliphatic rings. The fraction of sp³-hybridized carbons (Fsp3) is 0.458. The number of hydrogen-bond donors (Lipinski definition) is 2. The van der Waals surface area contributed by atoms with Crippen molar-refractivity contribution in [1.29, 1.82) is 0 Å². The lowest BCUT2D eigenvalue weighted by atomic mass is 10.1. The Labute approximate surface area is 191 Å². The van der Waals surface area contributed by atoms with E-state index in [-0.39, 0.29) is 23.8 Å². The number of carbonyl (C=O) groups excluding carboxylic acids is 1. The van der Waals surface area contributed by atoms with Gasteiger partial charge in [-0.05, 0) is 55.5 Å². The second-order valence-electron chi connectivity index (χ2n) is 8.21. The molecule has 0 saturated carbocycles. The smallest absolute Gasteiger partial charge is 0.240 e. The summed E-state index contributed by atoms with van der Waals surface area (Å²) in [6, 6.07) is 10.7. The molecular formula is C24H34N2O5S. The van der Waals surface area contributed by atoms with Crippen molar-refractivity contribution < 1.29 is 22.7 Å². The van der Waals surface area contributed by atoms with E-state index in [1.165, 1.54) is 0 Å². The standard InChI is InChI=1S/C24H34N2O5S/c1-17(2)11-13-31-21-8-7-20(15-22(21)30-5)16-25-24(27)10-12-26-32(28,29)23-9-6-18(3)14-19(23)4/h6-9,14-15,17,26H,10-13,16H2,1-5H3,(H,25,27). The lowest BCUT2D eigenvalue weighted by Crippen LogP contribution is -2.30. The Hall–Kier alpha value is -2.58. The normalized spacial score (nSPS) is 11.4. The number of nitrogens with one attached hydrogen (secondary N) is 2. The van der Waals surface area contributed by atoms with Gasteiger partial charge in [0.1, 0.15) is 0 Å². The number of carbonyl (C=O) groups is 1. The average Bonchev–Trinajstić information content (AvgIpc) is 2.72. The van der Waals surface area contributed by atoms with Crippen LogP contribution in [0.25, 0.3) is 0 Å². The van der Waals surface area contributed by atoms with E-state index in [1.54, 1.807) is 26.2 Å². The second kappa shape index (κ2) is 11.9. The monoisotopic (exact) mass is 462 g/mol. The van der Waals surface area contributed by atoms with Crippen molar-refractivity contribution >= 4 is 15.9 Å². The quantitative estimate of drug-likeness (QED) is 0.501. The van der Waals surface area contributed by atoms with E-state index >= 15 is 0 Å². The van der Waals surface area contributed by atoms with Crippen LogP contribution in [0.1, 0.15) is 43.4 Å². The van der Waals surface area contributed by atoms with E-state index in [4.69, 9.17) is 9.47 Å². The fourth-order valence-electron chi connectivity index (χ4n) is 3.11. The first-order valence-electron chi connectivity index (χ1n) is 10.8. The molecule has 32 heavy (non-hydrogen) atoms. The molecule has 1 amide bonds. The number of hydrogen-bond acceptors (Lipinski definition) is 5. The molecule has 0 aliphatic carbocycles. The van der Waals surface area contributed by atoms with Gasteiger partial charge in [-0.1, -0.05) is 37.6 Å². The first-order valence-corrected chi connectivity index (χ1v) is 12.2. The number of aryl methyl sites for hydroxylation is 2. The van der Waals surface area contributed by atoms with Crippen LogP contribution >= 0.6 is 0 Å². The van der Waals surface area contributed by atoms with E-state index in [0.29, 0.717) is 36.1 Å². The third-order valence-electron chi connectivity index (χ3n) is 4.93. The summed E-state index contributed by atoms with van der Waals surface area (Å²) in [5.74, 6) is 1.59. The van der Waals surface area contributed by atoms with Crippen LogP contribution < -0.4 is 19.5 Å². The number of benzene rings is 2. The molecule has 0 bridgehead atoms. The van der Waals surface area contributed by atoms with Crippen LogP contribution in [0, 0.1) is 19.8 Å². The van der Waals surface area contributed by atoms with Gasteiger partial charge in [-0.2, -0.15) is 0 Å². The molecule has 0 heterocycles. The zero-order valence-corrected chi connectivity index (χ0v) is 20.3. The van der Waals surface area contributed by atoms with Crippen LogP contribution in [0.5, 0.6) is 11.5 Å². The third kappa shape index (κ3) is 7.84. The number of rotatable bonds is 12. The Bertz CT molecular complexity index is 1020. The largest absolute Gasteiger partial charge is 0.493 e. The maximum atomic E-state index is 12.5. The Kier molecular flexibility index (Phi) is 9.53. The predicted molar refractivity (Wildman–Crippen MR) is 126 cm³/mol. The van der Waals surface area contributed by atoms with Gasteiger partial charge in [0.25, 0.3) is 0 Å². The van der Waals surface area contributed by atoms with Crippen LogP contribution in [0.4, 0.5) is 0 Å². The van der Waals surface area contributed by atoms with Gasteiger partial charge < -0.3 is 14.8 Å². The third-order valence-corrected chi connectivity index (χ3v) is 6.56. The number of sulfonamides is 1. The Morgan fingerprint density at radius 3 is 2.47 bits per heavy atom. The summed E-state index contributed by atoms with van der Waals surface area (Å²) in [6.07, 6.45) is 0.992. The molecule has 0 saturated heterocycles. The van der Waals surface area contributed by atoms with Gasteiger partial charge in [0.2, 0.25) is 15.9 Å². The Morgan fingerprint density at radius 2 is 1.81 bits per heavy atom. The average molecular weight is 463 g/mol. The summed E-state index contributed by atoms with van der Waals surface area (Å²) in [7, 11) is -2.08. The lowest BCUT2D eigenvalue weighted by Gasteiger charge is -2.13. The van der Waals surface area contributed by atoms with Crippen LogP contribution in [-0.4, -0.2) is 34.6 Å². The molecule has 2 N–H and O–H groups in total. The van der Waals surface area contributed by atoms with Gasteiger partial charge in [0, 0.05) is 19.5 Å². The molecule has 176 valence electrons. The molecule has 0 aliphatic heterocycles. The molecule has 0 aromatic heterocycles. The summed E-state index contributed by atoms with van der Waals surface area (Å²) >= 11 is 0. The molecule has 0 atom stereocenters. The molecule has 2 aromatic carbocycles. The van der Waals surface area contributed by atoms with Crippen molar-refractivity contribution in [3.05, 3.63) is 53.1 Å². The highest BCUT2D eigenvalue weighted by atomic mass is 32.2. The van der Waals surface area contributed by atoms with Crippen molar-refractivity contribution in [1.82, 2.24) is 10.0 Å². The molecule has 2 rings (SSSR count). The summed E-state index contributed by atoms with van der Waals surface area (Å²) < 4.78 is 38.6. The highest BCUT2D eigenvalue weighted by Gasteiger charge is 2.16. The SMILES string of the molecule is COc1cc(CNC(=O)CCNS(=O)(=O)c2ccc(C)cc2C)ccc1OCCC(C)C. The molecule has 0 spiro atoms. The van der Waals surface area contributed by atoms with Crippen molar-refractivity contribution in [3.63, 3.8) is 0 Å². The first kappa shape index (κ1) is 25.7. The molecule has 2 aromatic rings. The van der Waals surface area contributed by atoms with Crippen molar-refractivity contribution in [2.45, 2.75) is 52.0 Å². The summed E-state index contributed by atoms with van der Waals surface area (Å²) in [5, 5.41) is 2.80. The van der Waals surface area contributed by atoms with Crippen LogP contribution in [-0.2, 0) is 21.4 Å². The summed E-state index contributed by atoms with van der Waals surface area (Å²) in [6.45, 7) is 8.88. The Morgan fingerprint density at radius 1 is 1.06 bits per heavy atom. The molecule has 0 radical (unpaired) electrons. The minimum Gasteiger partial charge on any atom is -0.493 e. The van der Waals surface area contributed by atoms with Crippen molar-refractivity contribution in [2.75, 3.05) is 20.3 Å². The number of ether oxygens (including phenoxy) is 2. The maximum Gasteiger partial charge on any atom is 0.240 e. The van der Waals surface area contributed by atoms with Gasteiger partial charge in [0.05, 0.1) is 18.6 Å². The first-order chi connectivity index (χ1) is 15.1.